The summed E-state index contributed by atoms with van der Waals surface area (Å²) < 4.78 is 70.5. The molecule has 0 saturated heterocycles. The molecule has 1 heterocycles. The number of esters is 2. The molecule has 0 aromatic heterocycles. The summed E-state index contributed by atoms with van der Waals surface area (Å²) >= 11 is 1.14. The van der Waals surface area contributed by atoms with Crippen LogP contribution < -0.4 is 0 Å². The topological polar surface area (TPSA) is 133 Å². The second-order valence-corrected chi connectivity index (χ2v) is 17.1. The van der Waals surface area contributed by atoms with E-state index in [0.29, 0.717) is 41.1 Å². The molecule has 272 valence electrons. The molecule has 4 saturated carbocycles. The number of rotatable bonds is 16. The number of thioether (sulfide) groups is 1. The van der Waals surface area contributed by atoms with Crippen molar-refractivity contribution in [2.45, 2.75) is 94.6 Å². The highest BCUT2D eigenvalue weighted by molar-refractivity contribution is 8.00. The molecule has 50 heavy (non-hydrogen) atoms. The number of halogens is 2. The molecule has 1 atom stereocenters. The normalized spacial score (nSPS) is 24.9. The zero-order chi connectivity index (χ0) is 35.8. The first-order chi connectivity index (χ1) is 23.8. The number of hydroxylamine groups is 2. The number of alkyl halides is 2. The molecule has 0 radical (unpaired) electrons. The number of unbranched alkanes of at least 4 members (excludes halogenated alkanes) is 1. The Bertz CT molecular complexity index is 1720. The molecule has 0 spiro atoms. The lowest BCUT2D eigenvalue weighted by molar-refractivity contribution is -0.164. The minimum atomic E-state index is -6.20. The van der Waals surface area contributed by atoms with Crippen LogP contribution in [0.1, 0.15) is 105 Å². The Hall–Kier alpha value is -3.10. The fourth-order valence-electron chi connectivity index (χ4n) is 8.82. The maximum absolute atomic E-state index is 15.1. The van der Waals surface area contributed by atoms with Crippen LogP contribution in [0.15, 0.2) is 35.2 Å². The summed E-state index contributed by atoms with van der Waals surface area (Å²) in [7, 11) is -6.20. The molecule has 0 N–H and O–H groups in total. The van der Waals surface area contributed by atoms with Crippen molar-refractivity contribution in [2.75, 3.05) is 19.0 Å². The number of carbonyl (C=O) groups excluding carboxylic acids is 4. The lowest BCUT2D eigenvalue weighted by atomic mass is 9.49. The van der Waals surface area contributed by atoms with Gasteiger partial charge in [-0.3, -0.25) is 14.4 Å². The van der Waals surface area contributed by atoms with Crippen LogP contribution in [0.2, 0.25) is 0 Å². The highest BCUT2D eigenvalue weighted by Gasteiger charge is 2.59. The Labute approximate surface area is 295 Å². The number of imide groups is 1. The molecule has 10 nitrogen and oxygen atoms in total. The smallest absolute Gasteiger partial charge is 0.465 e. The van der Waals surface area contributed by atoms with E-state index in [9.17, 15) is 27.6 Å². The molecule has 2 aromatic carbocycles. The van der Waals surface area contributed by atoms with E-state index < -0.39 is 39.1 Å². The Kier molecular flexibility index (Phi) is 10.6. The number of nitrogens with zero attached hydrogens (tertiary/aromatic N) is 1. The lowest BCUT2D eigenvalue weighted by Crippen LogP contribution is -2.48. The van der Waals surface area contributed by atoms with Gasteiger partial charge in [-0.1, -0.05) is 45.2 Å². The van der Waals surface area contributed by atoms with Crippen molar-refractivity contribution in [1.82, 2.24) is 5.06 Å². The first-order valence-corrected chi connectivity index (χ1v) is 19.9. The monoisotopic (exact) mass is 735 g/mol. The van der Waals surface area contributed by atoms with Gasteiger partial charge in [-0.05, 0) is 104 Å². The predicted octanol–water partition coefficient (Wildman–Crippen LogP) is 7.29. The molecule has 4 fully saturated rings. The second kappa shape index (κ2) is 14.5. The maximum Gasteiger partial charge on any atom is 0.467 e. The number of ether oxygens (including phenoxy) is 2. The van der Waals surface area contributed by atoms with Crippen molar-refractivity contribution < 1.29 is 50.1 Å². The van der Waals surface area contributed by atoms with Crippen molar-refractivity contribution >= 4 is 56.4 Å². The van der Waals surface area contributed by atoms with Gasteiger partial charge in [0.05, 0.1) is 30.1 Å². The van der Waals surface area contributed by atoms with Gasteiger partial charge in [0.1, 0.15) is 0 Å². The average molecular weight is 736 g/mol. The summed E-state index contributed by atoms with van der Waals surface area (Å²) in [5, 5.41) is -4.89. The van der Waals surface area contributed by atoms with Gasteiger partial charge in [-0.25, -0.2) is 4.79 Å². The van der Waals surface area contributed by atoms with Gasteiger partial charge in [-0.15, -0.1) is 21.1 Å². The van der Waals surface area contributed by atoms with Crippen LogP contribution in [0.3, 0.4) is 0 Å². The number of carbonyl (C=O) groups is 4. The van der Waals surface area contributed by atoms with Gasteiger partial charge in [0.2, 0.25) is 0 Å². The van der Waals surface area contributed by atoms with Crippen molar-refractivity contribution in [2.24, 2.45) is 29.1 Å². The van der Waals surface area contributed by atoms with Crippen LogP contribution in [-0.4, -0.2) is 61.5 Å². The highest BCUT2D eigenvalue weighted by Crippen LogP contribution is 2.61. The number of hydrogen-bond donors (Lipinski definition) is 0. The molecule has 14 heteroatoms. The fraction of sp³-hybridized carbons (Fsp3) is 0.611. The quantitative estimate of drug-likeness (QED) is 0.0983. The molecule has 2 amide bonds. The first-order valence-electron chi connectivity index (χ1n) is 17.5. The summed E-state index contributed by atoms with van der Waals surface area (Å²) in [6.45, 7) is 4.10. The summed E-state index contributed by atoms with van der Waals surface area (Å²) in [6, 6.07) is 7.19. The van der Waals surface area contributed by atoms with E-state index in [2.05, 4.69) is 11.2 Å². The van der Waals surface area contributed by atoms with Crippen molar-refractivity contribution in [3.8, 4) is 0 Å². The average Bonchev–Trinajstić information content (AvgIpc) is 3.07. The van der Waals surface area contributed by atoms with E-state index in [4.69, 9.17) is 9.47 Å². The van der Waals surface area contributed by atoms with Crippen molar-refractivity contribution in [1.29, 1.82) is 0 Å². The highest BCUT2D eigenvalue weighted by atomic mass is 32.2. The third kappa shape index (κ3) is 7.16. The third-order valence-corrected chi connectivity index (χ3v) is 13.1. The van der Waals surface area contributed by atoms with Crippen molar-refractivity contribution in [3.05, 3.63) is 41.5 Å². The van der Waals surface area contributed by atoms with Gasteiger partial charge in [0.15, 0.2) is 0 Å². The zero-order valence-corrected chi connectivity index (χ0v) is 29.9. The Balaban J connectivity index is 1.10. The lowest BCUT2D eigenvalue weighted by Gasteiger charge is -2.57. The molecule has 7 rings (SSSR count). The summed E-state index contributed by atoms with van der Waals surface area (Å²) in [5.41, 5.74) is -0.449. The van der Waals surface area contributed by atoms with Gasteiger partial charge in [-0.2, -0.15) is 17.2 Å². The maximum atomic E-state index is 15.1. The van der Waals surface area contributed by atoms with Gasteiger partial charge in [0, 0.05) is 10.3 Å². The van der Waals surface area contributed by atoms with E-state index in [-0.39, 0.29) is 45.3 Å². The molecular formula is C36H43F2NO9S2. The standard InChI is InChI=1S/C36H43F2NO9S2/c1-3-5-7-22(4-2)20-47-30(40)21-49-29-11-10-28-31-26(29)8-6-9-27(31)32(41)39(33(28)42)48-50(44,45)36(37,38)34(43)46-13-12-35-17-23-14-24(18-35)16-25(15-23)19-35/h6,8-11,22-25H,3-5,7,12-21H2,1-2H3. The van der Waals surface area contributed by atoms with Gasteiger partial charge < -0.3 is 9.47 Å². The second-order valence-electron chi connectivity index (χ2n) is 14.5. The number of amides is 2. The predicted molar refractivity (Wildman–Crippen MR) is 181 cm³/mol. The van der Waals surface area contributed by atoms with Crippen LogP contribution in [0.4, 0.5) is 8.78 Å². The summed E-state index contributed by atoms with van der Waals surface area (Å²) in [4.78, 5) is 52.3. The number of hydrogen-bond acceptors (Lipinski definition) is 10. The Morgan fingerprint density at radius 1 is 0.980 bits per heavy atom. The van der Waals surface area contributed by atoms with Gasteiger partial charge in [0.25, 0.3) is 11.8 Å². The largest absolute Gasteiger partial charge is 0.467 e. The minimum absolute atomic E-state index is 0.0357. The Morgan fingerprint density at radius 2 is 1.62 bits per heavy atom. The molecule has 4 bridgehead atoms. The first kappa shape index (κ1) is 36.7. The Morgan fingerprint density at radius 3 is 2.24 bits per heavy atom. The third-order valence-electron chi connectivity index (χ3n) is 11.0. The van der Waals surface area contributed by atoms with E-state index in [1.807, 2.05) is 6.92 Å². The molecule has 4 aliphatic carbocycles. The van der Waals surface area contributed by atoms with E-state index >= 15 is 8.78 Å². The fourth-order valence-corrected chi connectivity index (χ4v) is 10.4. The van der Waals surface area contributed by atoms with E-state index in [1.54, 1.807) is 6.07 Å². The van der Waals surface area contributed by atoms with Crippen LogP contribution in [0, 0.1) is 29.1 Å². The van der Waals surface area contributed by atoms with Crippen LogP contribution in [-0.2, 0) is 33.5 Å². The van der Waals surface area contributed by atoms with Crippen LogP contribution >= 0.6 is 11.8 Å². The van der Waals surface area contributed by atoms with Gasteiger partial charge >= 0.3 is 27.3 Å². The van der Waals surface area contributed by atoms with E-state index in [1.165, 1.54) is 43.5 Å². The zero-order valence-electron chi connectivity index (χ0n) is 28.3. The SMILES string of the molecule is CCCCC(CC)COC(=O)CSc1ccc2c3c(cccc13)C(=O)N(OS(=O)(=O)C(F)(F)C(=O)OCCC13CC4CC(CC(C4)C1)C3)C2=O. The van der Waals surface area contributed by atoms with Crippen LogP contribution in [0.25, 0.3) is 10.8 Å². The molecule has 1 unspecified atom stereocenters. The van der Waals surface area contributed by atoms with Crippen LogP contribution in [0.5, 0.6) is 0 Å². The minimum Gasteiger partial charge on any atom is -0.465 e. The summed E-state index contributed by atoms with van der Waals surface area (Å²) in [5.74, 6) is -3.34. The van der Waals surface area contributed by atoms with Crippen molar-refractivity contribution in [3.63, 3.8) is 0 Å². The van der Waals surface area contributed by atoms with E-state index in [0.717, 1.165) is 56.7 Å². The number of benzene rings is 2. The summed E-state index contributed by atoms with van der Waals surface area (Å²) in [6.07, 6.45) is 10.7. The molecule has 2 aromatic rings. The molecule has 1 aliphatic heterocycles. The molecule has 5 aliphatic rings. The molecular weight excluding hydrogens is 693 g/mol.